The van der Waals surface area contributed by atoms with E-state index in [4.69, 9.17) is 0 Å². The summed E-state index contributed by atoms with van der Waals surface area (Å²) >= 11 is 1.64. The first kappa shape index (κ1) is 15.7. The summed E-state index contributed by atoms with van der Waals surface area (Å²) in [6.07, 6.45) is 0. The largest absolute Gasteiger partial charge is 0.350 e. The standard InChI is InChI=1S/C16H21N3OS/c1-4-17-11(2)9-18-16(20)14-5-6-15(19-12(14)3)13-7-8-21-10-13/h5-8,10-11,17H,4,9H2,1-3H3,(H,18,20)/t11-/m1/s1. The number of amides is 1. The number of pyridine rings is 1. The summed E-state index contributed by atoms with van der Waals surface area (Å²) in [5, 5.41) is 10.3. The quantitative estimate of drug-likeness (QED) is 0.863. The molecule has 2 aromatic rings. The van der Waals surface area contributed by atoms with Crippen LogP contribution in [0.3, 0.4) is 0 Å². The third-order valence-electron chi connectivity index (χ3n) is 3.27. The van der Waals surface area contributed by atoms with Crippen LogP contribution in [0.25, 0.3) is 11.3 Å². The second-order valence-corrected chi connectivity index (χ2v) is 5.79. The molecule has 4 nitrogen and oxygen atoms in total. The average molecular weight is 303 g/mol. The molecule has 0 saturated heterocycles. The fourth-order valence-electron chi connectivity index (χ4n) is 2.13. The zero-order chi connectivity index (χ0) is 15.2. The Balaban J connectivity index is 2.05. The highest BCUT2D eigenvalue weighted by Gasteiger charge is 2.12. The van der Waals surface area contributed by atoms with Gasteiger partial charge in [0, 0.05) is 23.5 Å². The number of nitrogens with zero attached hydrogens (tertiary/aromatic N) is 1. The minimum atomic E-state index is -0.0679. The molecule has 21 heavy (non-hydrogen) atoms. The van der Waals surface area contributed by atoms with Crippen LogP contribution in [0, 0.1) is 6.92 Å². The van der Waals surface area contributed by atoms with Crippen LogP contribution in [0.4, 0.5) is 0 Å². The molecule has 1 amide bonds. The van der Waals surface area contributed by atoms with Crippen LogP contribution in [0.15, 0.2) is 29.0 Å². The van der Waals surface area contributed by atoms with Crippen LogP contribution >= 0.6 is 11.3 Å². The van der Waals surface area contributed by atoms with Crippen LogP contribution in [-0.4, -0.2) is 30.0 Å². The molecule has 2 N–H and O–H groups in total. The van der Waals surface area contributed by atoms with Crippen LogP contribution in [0.2, 0.25) is 0 Å². The molecule has 0 aliphatic heterocycles. The number of carbonyl (C=O) groups excluding carboxylic acids is 1. The molecule has 0 aliphatic carbocycles. The molecule has 0 unspecified atom stereocenters. The molecule has 5 heteroatoms. The van der Waals surface area contributed by atoms with Crippen LogP contribution in [0.1, 0.15) is 29.9 Å². The summed E-state index contributed by atoms with van der Waals surface area (Å²) in [6.45, 7) is 7.48. The molecule has 0 bridgehead atoms. The molecule has 0 saturated carbocycles. The van der Waals surface area contributed by atoms with E-state index in [-0.39, 0.29) is 11.9 Å². The maximum Gasteiger partial charge on any atom is 0.253 e. The van der Waals surface area contributed by atoms with Gasteiger partial charge < -0.3 is 10.6 Å². The number of nitrogens with one attached hydrogen (secondary N) is 2. The highest BCUT2D eigenvalue weighted by Crippen LogP contribution is 2.21. The number of aromatic nitrogens is 1. The molecule has 0 spiro atoms. The van der Waals surface area contributed by atoms with E-state index >= 15 is 0 Å². The van der Waals surface area contributed by atoms with Gasteiger partial charge >= 0.3 is 0 Å². The number of carbonyl (C=O) groups is 1. The summed E-state index contributed by atoms with van der Waals surface area (Å²) < 4.78 is 0. The minimum absolute atomic E-state index is 0.0679. The van der Waals surface area contributed by atoms with Crippen molar-refractivity contribution < 1.29 is 4.79 Å². The van der Waals surface area contributed by atoms with Crippen molar-refractivity contribution in [2.24, 2.45) is 0 Å². The SMILES string of the molecule is CCN[C@H](C)CNC(=O)c1ccc(-c2ccsc2)nc1C. The zero-order valence-electron chi connectivity index (χ0n) is 12.6. The third-order valence-corrected chi connectivity index (χ3v) is 3.95. The number of thiophene rings is 1. The van der Waals surface area contributed by atoms with E-state index in [1.54, 1.807) is 11.3 Å². The molecule has 0 radical (unpaired) electrons. The van der Waals surface area contributed by atoms with Crippen LogP contribution in [0.5, 0.6) is 0 Å². The molecule has 2 aromatic heterocycles. The highest BCUT2D eigenvalue weighted by atomic mass is 32.1. The van der Waals surface area contributed by atoms with Crippen molar-refractivity contribution in [3.05, 3.63) is 40.2 Å². The van der Waals surface area contributed by atoms with Crippen molar-refractivity contribution in [2.75, 3.05) is 13.1 Å². The van der Waals surface area contributed by atoms with Crippen molar-refractivity contribution in [1.82, 2.24) is 15.6 Å². The molecule has 112 valence electrons. The lowest BCUT2D eigenvalue weighted by atomic mass is 10.1. The van der Waals surface area contributed by atoms with Gasteiger partial charge in [-0.05, 0) is 44.0 Å². The van der Waals surface area contributed by atoms with Gasteiger partial charge in [0.1, 0.15) is 0 Å². The minimum Gasteiger partial charge on any atom is -0.350 e. The van der Waals surface area contributed by atoms with E-state index < -0.39 is 0 Å². The first-order valence-electron chi connectivity index (χ1n) is 7.13. The molecule has 0 fully saturated rings. The van der Waals surface area contributed by atoms with E-state index in [0.29, 0.717) is 12.1 Å². The monoisotopic (exact) mass is 303 g/mol. The fraction of sp³-hybridized carbons (Fsp3) is 0.375. The van der Waals surface area contributed by atoms with Gasteiger partial charge in [-0.15, -0.1) is 0 Å². The van der Waals surface area contributed by atoms with Gasteiger partial charge in [-0.1, -0.05) is 6.92 Å². The molecule has 2 rings (SSSR count). The Labute approximate surface area is 129 Å². The van der Waals surface area contributed by atoms with E-state index in [1.165, 1.54) is 0 Å². The summed E-state index contributed by atoms with van der Waals surface area (Å²) in [4.78, 5) is 16.7. The van der Waals surface area contributed by atoms with Gasteiger partial charge in [-0.2, -0.15) is 11.3 Å². The maximum atomic E-state index is 12.2. The Morgan fingerprint density at radius 3 is 2.81 bits per heavy atom. The Bertz CT molecular complexity index is 596. The third kappa shape index (κ3) is 4.12. The number of rotatable bonds is 6. The van der Waals surface area contributed by atoms with E-state index in [2.05, 4.69) is 34.8 Å². The highest BCUT2D eigenvalue weighted by molar-refractivity contribution is 7.08. The van der Waals surface area contributed by atoms with Crippen molar-refractivity contribution in [3.63, 3.8) is 0 Å². The number of hydrogen-bond acceptors (Lipinski definition) is 4. The molecular weight excluding hydrogens is 282 g/mol. The van der Waals surface area contributed by atoms with Gasteiger partial charge in [0.2, 0.25) is 0 Å². The van der Waals surface area contributed by atoms with E-state index in [0.717, 1.165) is 23.5 Å². The lowest BCUT2D eigenvalue weighted by molar-refractivity contribution is 0.0949. The topological polar surface area (TPSA) is 54.0 Å². The summed E-state index contributed by atoms with van der Waals surface area (Å²) in [7, 11) is 0. The van der Waals surface area contributed by atoms with Gasteiger partial charge in [-0.3, -0.25) is 9.78 Å². The second kappa shape index (κ2) is 7.33. The molecule has 0 aliphatic rings. The van der Waals surface area contributed by atoms with Crippen LogP contribution < -0.4 is 10.6 Å². The predicted molar refractivity (Wildman–Crippen MR) is 87.8 cm³/mol. The Hall–Kier alpha value is -1.72. The van der Waals surface area contributed by atoms with E-state index in [1.807, 2.05) is 30.5 Å². The van der Waals surface area contributed by atoms with Crippen molar-refractivity contribution >= 4 is 17.2 Å². The van der Waals surface area contributed by atoms with Crippen molar-refractivity contribution in [3.8, 4) is 11.3 Å². The smallest absolute Gasteiger partial charge is 0.253 e. The Morgan fingerprint density at radius 1 is 1.38 bits per heavy atom. The van der Waals surface area contributed by atoms with E-state index in [9.17, 15) is 4.79 Å². The molecule has 0 aromatic carbocycles. The Morgan fingerprint density at radius 2 is 2.19 bits per heavy atom. The summed E-state index contributed by atoms with van der Waals surface area (Å²) in [6, 6.07) is 6.04. The van der Waals surface area contributed by atoms with Gasteiger partial charge in [0.05, 0.1) is 17.0 Å². The average Bonchev–Trinajstić information content (AvgIpc) is 2.99. The lowest BCUT2D eigenvalue weighted by Gasteiger charge is -2.14. The van der Waals surface area contributed by atoms with Gasteiger partial charge in [0.15, 0.2) is 0 Å². The number of hydrogen-bond donors (Lipinski definition) is 2. The van der Waals surface area contributed by atoms with Crippen molar-refractivity contribution in [1.29, 1.82) is 0 Å². The number of likely N-dealkylation sites (N-methyl/N-ethyl adjacent to an activating group) is 1. The van der Waals surface area contributed by atoms with Gasteiger partial charge in [-0.25, -0.2) is 0 Å². The summed E-state index contributed by atoms with van der Waals surface area (Å²) in [5.41, 5.74) is 3.40. The Kier molecular flexibility index (Phi) is 5.47. The zero-order valence-corrected chi connectivity index (χ0v) is 13.5. The maximum absolute atomic E-state index is 12.2. The number of aryl methyl sites for hydroxylation is 1. The predicted octanol–water partition coefficient (Wildman–Crippen LogP) is 2.85. The first-order valence-corrected chi connectivity index (χ1v) is 8.08. The molecule has 1 atom stereocenters. The summed E-state index contributed by atoms with van der Waals surface area (Å²) in [5.74, 6) is -0.0679. The molecule has 2 heterocycles. The van der Waals surface area contributed by atoms with Gasteiger partial charge in [0.25, 0.3) is 5.91 Å². The molecular formula is C16H21N3OS. The normalized spacial score (nSPS) is 12.1. The van der Waals surface area contributed by atoms with Crippen molar-refractivity contribution in [2.45, 2.75) is 26.8 Å². The fourth-order valence-corrected chi connectivity index (χ4v) is 2.78. The second-order valence-electron chi connectivity index (χ2n) is 5.01. The lowest BCUT2D eigenvalue weighted by Crippen LogP contribution is -2.39. The first-order chi connectivity index (χ1) is 10.1. The van der Waals surface area contributed by atoms with Crippen LogP contribution in [-0.2, 0) is 0 Å².